The van der Waals surface area contributed by atoms with Gasteiger partial charge in [-0.1, -0.05) is 24.3 Å². The van der Waals surface area contributed by atoms with E-state index in [0.29, 0.717) is 15.8 Å². The van der Waals surface area contributed by atoms with Crippen LogP contribution in [0.5, 0.6) is 5.75 Å². The summed E-state index contributed by atoms with van der Waals surface area (Å²) in [5, 5.41) is 12.2. The molecule has 1 aliphatic rings. The lowest BCUT2D eigenvalue weighted by molar-refractivity contribution is -0.115. The molecular formula is C18H14N2O4S. The standard InChI is InChI=1S/C18H14N2O4S/c1-24-12-8-6-11(7-9-12)10-15-16(21)20-18(25-15)19-14-5-3-2-4-13(14)17(22)23/h2-10H,1H3,(H,22,23)(H,19,20,21)/b15-10-. The molecule has 0 radical (unpaired) electrons. The Bertz CT molecular complexity index is 888. The van der Waals surface area contributed by atoms with Crippen molar-refractivity contribution in [1.82, 2.24) is 5.32 Å². The first-order valence-corrected chi connectivity index (χ1v) is 8.14. The minimum atomic E-state index is -1.07. The Balaban J connectivity index is 1.85. The van der Waals surface area contributed by atoms with Crippen molar-refractivity contribution in [2.45, 2.75) is 0 Å². The zero-order valence-corrected chi connectivity index (χ0v) is 14.0. The number of nitrogens with zero attached hydrogens (tertiary/aromatic N) is 1. The van der Waals surface area contributed by atoms with Crippen molar-refractivity contribution in [1.29, 1.82) is 0 Å². The molecule has 0 unspecified atom stereocenters. The number of hydrogen-bond donors (Lipinski definition) is 2. The molecule has 0 aliphatic carbocycles. The fourth-order valence-electron chi connectivity index (χ4n) is 2.19. The van der Waals surface area contributed by atoms with E-state index in [9.17, 15) is 14.7 Å². The average Bonchev–Trinajstić information content (AvgIpc) is 2.95. The Morgan fingerprint density at radius 1 is 1.20 bits per heavy atom. The number of aromatic carboxylic acids is 1. The lowest BCUT2D eigenvalue weighted by Crippen LogP contribution is -2.19. The van der Waals surface area contributed by atoms with Crippen molar-refractivity contribution in [3.63, 3.8) is 0 Å². The molecule has 0 bridgehead atoms. The summed E-state index contributed by atoms with van der Waals surface area (Å²) in [4.78, 5) is 28.1. The number of carboxylic acids is 1. The third kappa shape index (κ3) is 3.89. The summed E-state index contributed by atoms with van der Waals surface area (Å²) >= 11 is 1.17. The topological polar surface area (TPSA) is 88.0 Å². The Labute approximate surface area is 148 Å². The third-order valence-electron chi connectivity index (χ3n) is 3.42. The van der Waals surface area contributed by atoms with Crippen LogP contribution in [0.3, 0.4) is 0 Å². The van der Waals surface area contributed by atoms with Gasteiger partial charge in [-0.3, -0.25) is 4.79 Å². The molecule has 7 heteroatoms. The molecule has 1 heterocycles. The van der Waals surface area contributed by atoms with Gasteiger partial charge in [0.15, 0.2) is 5.17 Å². The van der Waals surface area contributed by atoms with Crippen LogP contribution >= 0.6 is 11.8 Å². The van der Waals surface area contributed by atoms with Crippen molar-refractivity contribution in [3.8, 4) is 5.75 Å². The Hall–Kier alpha value is -3.06. The number of aliphatic imine (C=N–C) groups is 1. The number of carbonyl (C=O) groups excluding carboxylic acids is 1. The van der Waals surface area contributed by atoms with E-state index in [0.717, 1.165) is 11.3 Å². The van der Waals surface area contributed by atoms with Crippen LogP contribution in [0.1, 0.15) is 15.9 Å². The van der Waals surface area contributed by atoms with Crippen molar-refractivity contribution in [2.75, 3.05) is 7.11 Å². The predicted molar refractivity (Wildman–Crippen MR) is 97.2 cm³/mol. The molecular weight excluding hydrogens is 340 g/mol. The normalized spacial score (nSPS) is 16.9. The number of para-hydroxylation sites is 1. The van der Waals surface area contributed by atoms with Gasteiger partial charge in [-0.15, -0.1) is 0 Å². The first-order chi connectivity index (χ1) is 12.1. The van der Waals surface area contributed by atoms with Crippen LogP contribution in [0.2, 0.25) is 0 Å². The summed E-state index contributed by atoms with van der Waals surface area (Å²) in [5.74, 6) is -0.603. The molecule has 2 aromatic carbocycles. The minimum absolute atomic E-state index is 0.0810. The van der Waals surface area contributed by atoms with E-state index >= 15 is 0 Å². The van der Waals surface area contributed by atoms with E-state index in [-0.39, 0.29) is 11.5 Å². The van der Waals surface area contributed by atoms with E-state index < -0.39 is 5.97 Å². The largest absolute Gasteiger partial charge is 0.497 e. The highest BCUT2D eigenvalue weighted by Gasteiger charge is 2.24. The summed E-state index contributed by atoms with van der Waals surface area (Å²) in [5.41, 5.74) is 1.23. The number of ether oxygens (including phenoxy) is 1. The lowest BCUT2D eigenvalue weighted by atomic mass is 10.2. The van der Waals surface area contributed by atoms with Gasteiger partial charge in [-0.05, 0) is 47.7 Å². The van der Waals surface area contributed by atoms with E-state index in [1.165, 1.54) is 17.8 Å². The van der Waals surface area contributed by atoms with Gasteiger partial charge in [0.25, 0.3) is 5.91 Å². The van der Waals surface area contributed by atoms with Crippen molar-refractivity contribution >= 4 is 40.6 Å². The number of thioether (sulfide) groups is 1. The minimum Gasteiger partial charge on any atom is -0.497 e. The van der Waals surface area contributed by atoms with Crippen LogP contribution in [0.15, 0.2) is 58.4 Å². The van der Waals surface area contributed by atoms with Crippen LogP contribution in [0.4, 0.5) is 5.69 Å². The summed E-state index contributed by atoms with van der Waals surface area (Å²) in [6, 6.07) is 13.7. The van der Waals surface area contributed by atoms with E-state index in [4.69, 9.17) is 4.74 Å². The molecule has 1 saturated heterocycles. The van der Waals surface area contributed by atoms with Crippen molar-refractivity contribution in [2.24, 2.45) is 4.99 Å². The molecule has 0 spiro atoms. The van der Waals surface area contributed by atoms with Crippen LogP contribution < -0.4 is 10.1 Å². The number of rotatable bonds is 4. The maximum absolute atomic E-state index is 12.1. The highest BCUT2D eigenvalue weighted by Crippen LogP contribution is 2.29. The van der Waals surface area contributed by atoms with Gasteiger partial charge in [-0.2, -0.15) is 0 Å². The molecule has 0 atom stereocenters. The van der Waals surface area contributed by atoms with Gasteiger partial charge in [0, 0.05) is 0 Å². The Kier molecular flexibility index (Phi) is 4.85. The predicted octanol–water partition coefficient (Wildman–Crippen LogP) is 3.29. The molecule has 2 aromatic rings. The summed E-state index contributed by atoms with van der Waals surface area (Å²) < 4.78 is 5.10. The number of amides is 1. The molecule has 1 amide bonds. The fraction of sp³-hybridized carbons (Fsp3) is 0.0556. The fourth-order valence-corrected chi connectivity index (χ4v) is 3.03. The summed E-state index contributed by atoms with van der Waals surface area (Å²) in [7, 11) is 1.59. The number of benzene rings is 2. The maximum Gasteiger partial charge on any atom is 0.337 e. The third-order valence-corrected chi connectivity index (χ3v) is 4.33. The number of amidine groups is 1. The molecule has 1 fully saturated rings. The van der Waals surface area contributed by atoms with Gasteiger partial charge in [0.1, 0.15) is 5.75 Å². The second-order valence-corrected chi connectivity index (χ2v) is 6.11. The van der Waals surface area contributed by atoms with Crippen LogP contribution in [0, 0.1) is 0 Å². The molecule has 3 rings (SSSR count). The summed E-state index contributed by atoms with van der Waals surface area (Å²) in [6.45, 7) is 0. The molecule has 2 N–H and O–H groups in total. The molecule has 6 nitrogen and oxygen atoms in total. The van der Waals surface area contributed by atoms with Gasteiger partial charge < -0.3 is 15.2 Å². The number of carboxylic acid groups (broad SMARTS) is 1. The summed E-state index contributed by atoms with van der Waals surface area (Å²) in [6.07, 6.45) is 1.74. The quantitative estimate of drug-likeness (QED) is 0.823. The average molecular weight is 354 g/mol. The zero-order chi connectivity index (χ0) is 17.8. The monoisotopic (exact) mass is 354 g/mol. The molecule has 25 heavy (non-hydrogen) atoms. The second kappa shape index (κ2) is 7.23. The highest BCUT2D eigenvalue weighted by atomic mass is 32.2. The zero-order valence-electron chi connectivity index (χ0n) is 13.2. The SMILES string of the molecule is COc1ccc(/C=C2\SC(=Nc3ccccc3C(=O)O)NC2=O)cc1. The number of methoxy groups -OCH3 is 1. The van der Waals surface area contributed by atoms with Crippen LogP contribution in [-0.2, 0) is 4.79 Å². The van der Waals surface area contributed by atoms with E-state index in [2.05, 4.69) is 10.3 Å². The molecule has 0 aromatic heterocycles. The van der Waals surface area contributed by atoms with Crippen molar-refractivity contribution < 1.29 is 19.4 Å². The number of hydrogen-bond acceptors (Lipinski definition) is 5. The highest BCUT2D eigenvalue weighted by molar-refractivity contribution is 8.18. The van der Waals surface area contributed by atoms with Gasteiger partial charge >= 0.3 is 5.97 Å². The smallest absolute Gasteiger partial charge is 0.337 e. The van der Waals surface area contributed by atoms with Gasteiger partial charge in [-0.25, -0.2) is 9.79 Å². The van der Waals surface area contributed by atoms with Crippen molar-refractivity contribution in [3.05, 3.63) is 64.6 Å². The molecule has 1 aliphatic heterocycles. The Morgan fingerprint density at radius 3 is 2.60 bits per heavy atom. The lowest BCUT2D eigenvalue weighted by Gasteiger charge is -2.01. The van der Waals surface area contributed by atoms with E-state index in [1.54, 1.807) is 31.4 Å². The van der Waals surface area contributed by atoms with Gasteiger partial charge in [0.05, 0.1) is 23.3 Å². The maximum atomic E-state index is 12.1. The van der Waals surface area contributed by atoms with Gasteiger partial charge in [0.2, 0.25) is 0 Å². The van der Waals surface area contributed by atoms with Crippen LogP contribution in [-0.4, -0.2) is 29.3 Å². The van der Waals surface area contributed by atoms with E-state index in [1.807, 2.05) is 24.3 Å². The Morgan fingerprint density at radius 2 is 1.92 bits per heavy atom. The molecule has 126 valence electrons. The molecule has 0 saturated carbocycles. The number of carbonyl (C=O) groups is 2. The number of nitrogens with one attached hydrogen (secondary N) is 1. The first-order valence-electron chi connectivity index (χ1n) is 7.33. The second-order valence-electron chi connectivity index (χ2n) is 5.08. The first kappa shape index (κ1) is 16.8. The van der Waals surface area contributed by atoms with Crippen LogP contribution in [0.25, 0.3) is 6.08 Å².